The molecule has 0 aromatic heterocycles. The lowest BCUT2D eigenvalue weighted by molar-refractivity contribution is -0.137. The van der Waals surface area contributed by atoms with Crippen LogP contribution in [0.5, 0.6) is 0 Å². The molecule has 0 aliphatic carbocycles. The van der Waals surface area contributed by atoms with Crippen LogP contribution in [-0.4, -0.2) is 0 Å². The van der Waals surface area contributed by atoms with Crippen molar-refractivity contribution in [2.45, 2.75) is 6.18 Å². The molecule has 0 unspecified atom stereocenters. The van der Waals surface area contributed by atoms with Crippen LogP contribution in [0, 0.1) is 12.3 Å². The predicted molar refractivity (Wildman–Crippen MR) is 44.4 cm³/mol. The molecule has 4 heteroatoms. The molecule has 0 aliphatic heterocycles. The zero-order valence-corrected chi connectivity index (χ0v) is 7.08. The number of halogens is 4. The Bertz CT molecular complexity index is 360. The van der Waals surface area contributed by atoms with Gasteiger partial charge < -0.3 is 0 Å². The average Bonchev–Trinajstić information content (AvgIpc) is 2.03. The van der Waals surface area contributed by atoms with Crippen LogP contribution in [0.3, 0.4) is 0 Å². The Morgan fingerprint density at radius 3 is 2.38 bits per heavy atom. The van der Waals surface area contributed by atoms with E-state index in [4.69, 9.17) is 18.0 Å². The molecule has 0 fully saturated rings. The summed E-state index contributed by atoms with van der Waals surface area (Å²) in [5.74, 6) is 2.11. The van der Waals surface area contributed by atoms with E-state index in [1.165, 1.54) is 6.07 Å². The quantitative estimate of drug-likeness (QED) is 0.569. The van der Waals surface area contributed by atoms with Gasteiger partial charge in [-0.3, -0.25) is 0 Å². The molecule has 0 amide bonds. The van der Waals surface area contributed by atoms with Crippen molar-refractivity contribution < 1.29 is 13.2 Å². The highest BCUT2D eigenvalue weighted by atomic mass is 35.5. The molecule has 0 aliphatic rings. The molecule has 68 valence electrons. The summed E-state index contributed by atoms with van der Waals surface area (Å²) in [6, 6.07) is 3.35. The first-order chi connectivity index (χ1) is 5.95. The van der Waals surface area contributed by atoms with Gasteiger partial charge in [0.15, 0.2) is 0 Å². The number of hydrogen-bond donors (Lipinski definition) is 0. The fraction of sp³-hybridized carbons (Fsp3) is 0.111. The van der Waals surface area contributed by atoms with Crippen molar-refractivity contribution in [2.24, 2.45) is 0 Å². The lowest BCUT2D eigenvalue weighted by Gasteiger charge is -2.08. The third-order valence-electron chi connectivity index (χ3n) is 1.44. The first-order valence-corrected chi connectivity index (χ1v) is 3.66. The molecule has 0 saturated heterocycles. The summed E-state index contributed by atoms with van der Waals surface area (Å²) in [4.78, 5) is 0. The molecular formula is C9H4ClF3. The van der Waals surface area contributed by atoms with Crippen LogP contribution in [0.4, 0.5) is 13.2 Å². The first kappa shape index (κ1) is 9.94. The van der Waals surface area contributed by atoms with Gasteiger partial charge in [0.05, 0.1) is 10.6 Å². The Labute approximate surface area is 78.3 Å². The lowest BCUT2D eigenvalue weighted by atomic mass is 10.1. The van der Waals surface area contributed by atoms with Crippen LogP contribution in [0.15, 0.2) is 18.2 Å². The molecule has 0 radical (unpaired) electrons. The minimum atomic E-state index is -4.45. The highest BCUT2D eigenvalue weighted by Crippen LogP contribution is 2.34. The molecule has 1 rings (SSSR count). The fourth-order valence-electron chi connectivity index (χ4n) is 0.832. The molecular weight excluding hydrogens is 201 g/mol. The highest BCUT2D eigenvalue weighted by molar-refractivity contribution is 6.31. The Balaban J connectivity index is 3.29. The maximum absolute atomic E-state index is 12.2. The van der Waals surface area contributed by atoms with Gasteiger partial charge in [-0.15, -0.1) is 6.42 Å². The van der Waals surface area contributed by atoms with Gasteiger partial charge in [0.2, 0.25) is 0 Å². The van der Waals surface area contributed by atoms with E-state index in [1.54, 1.807) is 0 Å². The fourth-order valence-corrected chi connectivity index (χ4v) is 1.06. The zero-order chi connectivity index (χ0) is 10.1. The van der Waals surface area contributed by atoms with Crippen molar-refractivity contribution in [1.29, 1.82) is 0 Å². The number of terminal acetylenes is 1. The van der Waals surface area contributed by atoms with Gasteiger partial charge in [-0.2, -0.15) is 13.2 Å². The SMILES string of the molecule is C#Cc1ccc(Cl)c(C(F)(F)F)c1. The van der Waals surface area contributed by atoms with E-state index in [0.29, 0.717) is 0 Å². The number of rotatable bonds is 0. The minimum Gasteiger partial charge on any atom is -0.166 e. The second-order valence-corrected chi connectivity index (χ2v) is 2.74. The Kier molecular flexibility index (Phi) is 2.53. The zero-order valence-electron chi connectivity index (χ0n) is 6.32. The summed E-state index contributed by atoms with van der Waals surface area (Å²) in [5.41, 5.74) is -0.735. The largest absolute Gasteiger partial charge is 0.417 e. The third-order valence-corrected chi connectivity index (χ3v) is 1.77. The molecule has 0 heterocycles. The van der Waals surface area contributed by atoms with Crippen molar-refractivity contribution in [3.8, 4) is 12.3 Å². The normalized spacial score (nSPS) is 11.0. The number of alkyl halides is 3. The van der Waals surface area contributed by atoms with Crippen molar-refractivity contribution in [3.63, 3.8) is 0 Å². The van der Waals surface area contributed by atoms with Gasteiger partial charge in [0, 0.05) is 5.56 Å². The van der Waals surface area contributed by atoms with Crippen LogP contribution >= 0.6 is 11.6 Å². The van der Waals surface area contributed by atoms with Gasteiger partial charge in [0.1, 0.15) is 0 Å². The molecule has 1 aromatic rings. The van der Waals surface area contributed by atoms with Crippen LogP contribution in [0.1, 0.15) is 11.1 Å². The topological polar surface area (TPSA) is 0 Å². The summed E-state index contributed by atoms with van der Waals surface area (Å²) < 4.78 is 36.6. The first-order valence-electron chi connectivity index (χ1n) is 3.28. The van der Waals surface area contributed by atoms with Crippen molar-refractivity contribution in [3.05, 3.63) is 34.3 Å². The van der Waals surface area contributed by atoms with E-state index in [9.17, 15) is 13.2 Å². The monoisotopic (exact) mass is 204 g/mol. The van der Waals surface area contributed by atoms with E-state index in [1.807, 2.05) is 0 Å². The summed E-state index contributed by atoms with van der Waals surface area (Å²) in [7, 11) is 0. The van der Waals surface area contributed by atoms with Crippen molar-refractivity contribution >= 4 is 11.6 Å². The number of hydrogen-bond acceptors (Lipinski definition) is 0. The molecule has 1 aromatic carbocycles. The Morgan fingerprint density at radius 2 is 1.92 bits per heavy atom. The van der Waals surface area contributed by atoms with Crippen LogP contribution in [-0.2, 0) is 6.18 Å². The summed E-state index contributed by atoms with van der Waals surface area (Å²) in [6.07, 6.45) is 0.497. The Hall–Kier alpha value is -1.14. The molecule has 13 heavy (non-hydrogen) atoms. The molecule has 0 atom stereocenters. The van der Waals surface area contributed by atoms with E-state index in [-0.39, 0.29) is 10.6 Å². The summed E-state index contributed by atoms with van der Waals surface area (Å²) in [5, 5.41) is -0.341. The minimum absolute atomic E-state index is 0.164. The maximum atomic E-state index is 12.2. The molecule has 0 saturated carbocycles. The smallest absolute Gasteiger partial charge is 0.166 e. The van der Waals surface area contributed by atoms with E-state index < -0.39 is 11.7 Å². The molecule has 0 nitrogen and oxygen atoms in total. The number of benzene rings is 1. The molecule has 0 bridgehead atoms. The highest BCUT2D eigenvalue weighted by Gasteiger charge is 2.33. The maximum Gasteiger partial charge on any atom is 0.417 e. The van der Waals surface area contributed by atoms with Gasteiger partial charge in [-0.1, -0.05) is 17.5 Å². The van der Waals surface area contributed by atoms with Crippen LogP contribution < -0.4 is 0 Å². The summed E-state index contributed by atoms with van der Waals surface area (Å²) >= 11 is 5.35. The second kappa shape index (κ2) is 3.31. The van der Waals surface area contributed by atoms with Gasteiger partial charge in [-0.25, -0.2) is 0 Å². The van der Waals surface area contributed by atoms with Crippen molar-refractivity contribution in [1.82, 2.24) is 0 Å². The van der Waals surface area contributed by atoms with Crippen LogP contribution in [0.25, 0.3) is 0 Å². The summed E-state index contributed by atoms with van der Waals surface area (Å²) in [6.45, 7) is 0. The third kappa shape index (κ3) is 2.16. The second-order valence-electron chi connectivity index (χ2n) is 2.34. The van der Waals surface area contributed by atoms with Gasteiger partial charge in [-0.05, 0) is 18.2 Å². The average molecular weight is 205 g/mol. The molecule has 0 spiro atoms. The standard InChI is InChI=1S/C9H4ClF3/c1-2-6-3-4-8(10)7(5-6)9(11,12)13/h1,3-5H. The lowest BCUT2D eigenvalue weighted by Crippen LogP contribution is -2.05. The van der Waals surface area contributed by atoms with Crippen molar-refractivity contribution in [2.75, 3.05) is 0 Å². The van der Waals surface area contributed by atoms with Gasteiger partial charge in [0.25, 0.3) is 0 Å². The van der Waals surface area contributed by atoms with E-state index in [0.717, 1.165) is 12.1 Å². The predicted octanol–water partition coefficient (Wildman–Crippen LogP) is 3.34. The van der Waals surface area contributed by atoms with E-state index >= 15 is 0 Å². The van der Waals surface area contributed by atoms with Gasteiger partial charge >= 0.3 is 6.18 Å². The van der Waals surface area contributed by atoms with E-state index in [2.05, 4.69) is 5.92 Å². The van der Waals surface area contributed by atoms with Crippen LogP contribution in [0.2, 0.25) is 5.02 Å². The Morgan fingerprint density at radius 1 is 1.31 bits per heavy atom. The molecule has 0 N–H and O–H groups in total.